The Morgan fingerprint density at radius 3 is 2.52 bits per heavy atom. The van der Waals surface area contributed by atoms with E-state index in [1.807, 2.05) is 43.0 Å². The van der Waals surface area contributed by atoms with Crippen LogP contribution in [0.5, 0.6) is 5.75 Å². The predicted octanol–water partition coefficient (Wildman–Crippen LogP) is 3.62. The van der Waals surface area contributed by atoms with Gasteiger partial charge in [-0.25, -0.2) is 0 Å². The number of nitriles is 1. The molecule has 0 N–H and O–H groups in total. The standard InChI is InChI=1S/C19H23N3O3/c1-4-9-23-16-7-5-15(6-8-16)18-21-17(10-20)19(25-18)22-11-13(2)24-14(3)12-22/h5-8,13-14H,4,9,11-12H2,1-3H3. The summed E-state index contributed by atoms with van der Waals surface area (Å²) in [5, 5.41) is 9.43. The van der Waals surface area contributed by atoms with Gasteiger partial charge in [0.2, 0.25) is 17.5 Å². The normalized spacial score (nSPS) is 20.3. The largest absolute Gasteiger partial charge is 0.494 e. The molecule has 2 unspecified atom stereocenters. The van der Waals surface area contributed by atoms with Gasteiger partial charge in [-0.05, 0) is 44.5 Å². The van der Waals surface area contributed by atoms with Crippen molar-refractivity contribution in [3.8, 4) is 23.3 Å². The van der Waals surface area contributed by atoms with Crippen LogP contribution in [0.25, 0.3) is 11.5 Å². The van der Waals surface area contributed by atoms with E-state index in [1.165, 1.54) is 0 Å². The van der Waals surface area contributed by atoms with E-state index in [4.69, 9.17) is 13.9 Å². The highest BCUT2D eigenvalue weighted by atomic mass is 16.5. The Morgan fingerprint density at radius 2 is 1.92 bits per heavy atom. The molecule has 1 aromatic heterocycles. The highest BCUT2D eigenvalue weighted by Gasteiger charge is 2.28. The van der Waals surface area contributed by atoms with Crippen LogP contribution in [-0.2, 0) is 4.74 Å². The second kappa shape index (κ2) is 7.58. The first-order valence-electron chi connectivity index (χ1n) is 8.65. The maximum Gasteiger partial charge on any atom is 0.235 e. The van der Waals surface area contributed by atoms with Crippen molar-refractivity contribution < 1.29 is 13.9 Å². The third-order valence-electron chi connectivity index (χ3n) is 4.00. The molecule has 6 nitrogen and oxygen atoms in total. The molecule has 2 heterocycles. The SMILES string of the molecule is CCCOc1ccc(-c2nc(C#N)c(N3CC(C)OC(C)C3)o2)cc1. The molecule has 2 aromatic rings. The van der Waals surface area contributed by atoms with Gasteiger partial charge in [-0.1, -0.05) is 6.92 Å². The summed E-state index contributed by atoms with van der Waals surface area (Å²) in [6.07, 6.45) is 1.13. The summed E-state index contributed by atoms with van der Waals surface area (Å²) in [6.45, 7) is 8.14. The lowest BCUT2D eigenvalue weighted by atomic mass is 10.2. The van der Waals surface area contributed by atoms with Crippen molar-refractivity contribution in [2.24, 2.45) is 0 Å². The van der Waals surface area contributed by atoms with Crippen LogP contribution >= 0.6 is 0 Å². The predicted molar refractivity (Wildman–Crippen MR) is 94.7 cm³/mol. The summed E-state index contributed by atoms with van der Waals surface area (Å²) in [5.41, 5.74) is 1.13. The van der Waals surface area contributed by atoms with Crippen LogP contribution in [0.15, 0.2) is 28.7 Å². The van der Waals surface area contributed by atoms with E-state index in [1.54, 1.807) is 0 Å². The van der Waals surface area contributed by atoms with Crippen LogP contribution in [0.3, 0.4) is 0 Å². The summed E-state index contributed by atoms with van der Waals surface area (Å²) in [5.74, 6) is 1.78. The number of morpholine rings is 1. The molecule has 1 aliphatic heterocycles. The van der Waals surface area contributed by atoms with Crippen LogP contribution in [0.4, 0.5) is 5.88 Å². The molecule has 132 valence electrons. The Labute approximate surface area is 148 Å². The van der Waals surface area contributed by atoms with E-state index in [-0.39, 0.29) is 12.2 Å². The number of nitrogens with zero attached hydrogens (tertiary/aromatic N) is 3. The van der Waals surface area contributed by atoms with Crippen molar-refractivity contribution in [2.75, 3.05) is 24.6 Å². The number of aromatic nitrogens is 1. The third kappa shape index (κ3) is 3.94. The minimum Gasteiger partial charge on any atom is -0.494 e. The molecule has 25 heavy (non-hydrogen) atoms. The zero-order valence-corrected chi connectivity index (χ0v) is 14.9. The van der Waals surface area contributed by atoms with Gasteiger partial charge in [-0.3, -0.25) is 0 Å². The van der Waals surface area contributed by atoms with E-state index in [9.17, 15) is 5.26 Å². The molecule has 3 rings (SSSR count). The van der Waals surface area contributed by atoms with E-state index in [2.05, 4.69) is 18.0 Å². The van der Waals surface area contributed by atoms with Gasteiger partial charge < -0.3 is 18.8 Å². The molecule has 0 spiro atoms. The molecule has 0 amide bonds. The van der Waals surface area contributed by atoms with Gasteiger partial charge in [0.25, 0.3) is 0 Å². The highest BCUT2D eigenvalue weighted by Crippen LogP contribution is 2.30. The maximum atomic E-state index is 9.43. The van der Waals surface area contributed by atoms with Gasteiger partial charge in [-0.2, -0.15) is 10.2 Å². The first-order valence-corrected chi connectivity index (χ1v) is 8.65. The highest BCUT2D eigenvalue weighted by molar-refractivity contribution is 5.60. The van der Waals surface area contributed by atoms with Gasteiger partial charge >= 0.3 is 0 Å². The van der Waals surface area contributed by atoms with Crippen LogP contribution < -0.4 is 9.64 Å². The molecule has 0 radical (unpaired) electrons. The molecule has 1 aromatic carbocycles. The lowest BCUT2D eigenvalue weighted by Crippen LogP contribution is -2.45. The molecule has 6 heteroatoms. The first-order chi connectivity index (χ1) is 12.1. The lowest BCUT2D eigenvalue weighted by Gasteiger charge is -2.34. The van der Waals surface area contributed by atoms with Crippen molar-refractivity contribution in [2.45, 2.75) is 39.4 Å². The fourth-order valence-corrected chi connectivity index (χ4v) is 2.98. The zero-order chi connectivity index (χ0) is 17.8. The second-order valence-corrected chi connectivity index (χ2v) is 6.32. The second-order valence-electron chi connectivity index (χ2n) is 6.32. The molecular weight excluding hydrogens is 318 g/mol. The van der Waals surface area contributed by atoms with Crippen molar-refractivity contribution in [1.82, 2.24) is 4.98 Å². The zero-order valence-electron chi connectivity index (χ0n) is 14.9. The summed E-state index contributed by atoms with van der Waals surface area (Å²) in [7, 11) is 0. The molecule has 0 aliphatic carbocycles. The number of ether oxygens (including phenoxy) is 2. The fourth-order valence-electron chi connectivity index (χ4n) is 2.98. The summed E-state index contributed by atoms with van der Waals surface area (Å²) >= 11 is 0. The average molecular weight is 341 g/mol. The smallest absolute Gasteiger partial charge is 0.235 e. The average Bonchev–Trinajstić information content (AvgIpc) is 3.04. The molecule has 0 bridgehead atoms. The van der Waals surface area contributed by atoms with E-state index in [0.717, 1.165) is 17.7 Å². The number of anilines is 1. The Hall–Kier alpha value is -2.52. The maximum absolute atomic E-state index is 9.43. The van der Waals surface area contributed by atoms with Crippen LogP contribution in [-0.4, -0.2) is 36.9 Å². The molecule has 2 atom stereocenters. The Kier molecular flexibility index (Phi) is 5.25. The molecule has 1 saturated heterocycles. The number of hydrogen-bond acceptors (Lipinski definition) is 6. The Bertz CT molecular complexity index is 738. The molecule has 1 fully saturated rings. The Morgan fingerprint density at radius 1 is 1.24 bits per heavy atom. The van der Waals surface area contributed by atoms with E-state index >= 15 is 0 Å². The quantitative estimate of drug-likeness (QED) is 0.827. The van der Waals surface area contributed by atoms with Gasteiger partial charge in [0.05, 0.1) is 18.8 Å². The summed E-state index contributed by atoms with van der Waals surface area (Å²) < 4.78 is 17.3. The van der Waals surface area contributed by atoms with Crippen molar-refractivity contribution in [1.29, 1.82) is 5.26 Å². The Balaban J connectivity index is 1.84. The van der Waals surface area contributed by atoms with E-state index in [0.29, 0.717) is 37.2 Å². The minimum absolute atomic E-state index is 0.0823. The fraction of sp³-hybridized carbons (Fsp3) is 0.474. The van der Waals surface area contributed by atoms with Crippen molar-refractivity contribution >= 4 is 5.88 Å². The van der Waals surface area contributed by atoms with Gasteiger partial charge in [0.15, 0.2) is 0 Å². The summed E-state index contributed by atoms with van der Waals surface area (Å²) in [4.78, 5) is 6.40. The number of rotatable bonds is 5. The van der Waals surface area contributed by atoms with Gasteiger partial charge in [0, 0.05) is 18.7 Å². The van der Waals surface area contributed by atoms with Gasteiger partial charge in [0.1, 0.15) is 11.8 Å². The van der Waals surface area contributed by atoms with Crippen LogP contribution in [0, 0.1) is 11.3 Å². The topological polar surface area (TPSA) is 71.5 Å². The van der Waals surface area contributed by atoms with Crippen molar-refractivity contribution in [3.05, 3.63) is 30.0 Å². The van der Waals surface area contributed by atoms with Crippen molar-refractivity contribution in [3.63, 3.8) is 0 Å². The van der Waals surface area contributed by atoms with Gasteiger partial charge in [-0.15, -0.1) is 0 Å². The minimum atomic E-state index is 0.0823. The monoisotopic (exact) mass is 341 g/mol. The molecule has 0 saturated carbocycles. The van der Waals surface area contributed by atoms with Crippen LogP contribution in [0.1, 0.15) is 32.9 Å². The number of benzene rings is 1. The number of hydrogen-bond donors (Lipinski definition) is 0. The third-order valence-corrected chi connectivity index (χ3v) is 4.00. The molecule has 1 aliphatic rings. The summed E-state index contributed by atoms with van der Waals surface area (Å²) in [6, 6.07) is 9.71. The first kappa shape index (κ1) is 17.3. The van der Waals surface area contributed by atoms with Crippen LogP contribution in [0.2, 0.25) is 0 Å². The molecular formula is C19H23N3O3. The van der Waals surface area contributed by atoms with E-state index < -0.39 is 0 Å². The lowest BCUT2D eigenvalue weighted by molar-refractivity contribution is -0.00638. The number of oxazole rings is 1.